The van der Waals surface area contributed by atoms with E-state index in [9.17, 15) is 13.2 Å². The number of rotatable bonds is 10. The highest BCUT2D eigenvalue weighted by Gasteiger charge is 2.42. The van der Waals surface area contributed by atoms with Crippen molar-refractivity contribution in [3.63, 3.8) is 0 Å². The number of carbonyl (C=O) groups excluding carboxylic acids is 1. The molecule has 0 atom stereocenters. The minimum Gasteiger partial charge on any atom is -0.376 e. The van der Waals surface area contributed by atoms with Gasteiger partial charge < -0.3 is 10.6 Å². The van der Waals surface area contributed by atoms with Gasteiger partial charge in [-0.25, -0.2) is 8.42 Å². The average molecular weight is 414 g/mol. The molecular weight excluding hydrogens is 386 g/mol. The number of hydrogen-bond donors (Lipinski definition) is 2. The van der Waals surface area contributed by atoms with Gasteiger partial charge in [0.05, 0.1) is 11.6 Å². The normalized spacial score (nSPS) is 17.4. The van der Waals surface area contributed by atoms with Crippen molar-refractivity contribution in [3.05, 3.63) is 23.2 Å². The first kappa shape index (κ1) is 20.4. The molecule has 6 nitrogen and oxygen atoms in total. The molecule has 27 heavy (non-hydrogen) atoms. The monoisotopic (exact) mass is 413 g/mol. The number of nitrogens with zero attached hydrogens (tertiary/aromatic N) is 1. The lowest BCUT2D eigenvalue weighted by Gasteiger charge is -2.20. The lowest BCUT2D eigenvalue weighted by Crippen LogP contribution is -2.41. The van der Waals surface area contributed by atoms with Gasteiger partial charge in [-0.15, -0.1) is 0 Å². The van der Waals surface area contributed by atoms with Gasteiger partial charge in [0, 0.05) is 24.8 Å². The fraction of sp³-hybridized carbons (Fsp3) is 0.632. The molecule has 0 saturated heterocycles. The Bertz CT molecular complexity index is 775. The van der Waals surface area contributed by atoms with Crippen LogP contribution in [0.2, 0.25) is 5.02 Å². The predicted molar refractivity (Wildman–Crippen MR) is 107 cm³/mol. The second kappa shape index (κ2) is 8.37. The van der Waals surface area contributed by atoms with Crippen LogP contribution in [0.15, 0.2) is 23.1 Å². The summed E-state index contributed by atoms with van der Waals surface area (Å²) in [4.78, 5) is 12.4. The summed E-state index contributed by atoms with van der Waals surface area (Å²) in [6, 6.07) is 5.05. The van der Waals surface area contributed by atoms with Crippen LogP contribution in [0, 0.1) is 11.8 Å². The van der Waals surface area contributed by atoms with Crippen LogP contribution >= 0.6 is 11.6 Å². The summed E-state index contributed by atoms with van der Waals surface area (Å²) in [7, 11) is -3.66. The molecule has 0 aliphatic heterocycles. The quantitative estimate of drug-likeness (QED) is 0.617. The highest BCUT2D eigenvalue weighted by molar-refractivity contribution is 7.89. The Kier molecular flexibility index (Phi) is 6.33. The van der Waals surface area contributed by atoms with E-state index in [1.807, 2.05) is 0 Å². The van der Waals surface area contributed by atoms with Crippen molar-refractivity contribution in [2.75, 3.05) is 25.0 Å². The molecule has 1 aromatic rings. The number of carbonyl (C=O) groups is 1. The summed E-state index contributed by atoms with van der Waals surface area (Å²) >= 11 is 6.14. The molecule has 8 heteroatoms. The van der Waals surface area contributed by atoms with Crippen molar-refractivity contribution in [2.45, 2.75) is 50.5 Å². The van der Waals surface area contributed by atoms with Crippen molar-refractivity contribution >= 4 is 33.2 Å². The first-order valence-corrected chi connectivity index (χ1v) is 11.5. The molecule has 150 valence electrons. The molecule has 2 aliphatic carbocycles. The molecule has 3 rings (SSSR count). The van der Waals surface area contributed by atoms with Crippen LogP contribution in [0.25, 0.3) is 0 Å². The average Bonchev–Trinajstić information content (AvgIpc) is 3.53. The molecule has 2 saturated carbocycles. The number of sulfonamides is 1. The van der Waals surface area contributed by atoms with Gasteiger partial charge in [-0.1, -0.05) is 25.4 Å². The zero-order valence-corrected chi connectivity index (χ0v) is 17.4. The summed E-state index contributed by atoms with van der Waals surface area (Å²) in [5.41, 5.74) is 0.565. The predicted octanol–water partition coefficient (Wildman–Crippen LogP) is 3.09. The fourth-order valence-electron chi connectivity index (χ4n) is 3.46. The number of hydrogen-bond acceptors (Lipinski definition) is 4. The first-order valence-electron chi connectivity index (χ1n) is 9.69. The number of benzene rings is 1. The molecule has 2 N–H and O–H groups in total. The summed E-state index contributed by atoms with van der Waals surface area (Å²) in [5.74, 6) is 1.23. The molecule has 0 spiro atoms. The third-order valence-electron chi connectivity index (χ3n) is 5.29. The van der Waals surface area contributed by atoms with Gasteiger partial charge >= 0.3 is 0 Å². The Morgan fingerprint density at radius 3 is 2.30 bits per heavy atom. The summed E-state index contributed by atoms with van der Waals surface area (Å²) < 4.78 is 26.9. The standard InChI is InChI=1S/C19H28ClN3O3S/c1-3-23(4-2)27(25,26)17-11-15(9-10-16(17)20)21-12-18(24)22-19(13-5-6-13)14-7-8-14/h9-11,13-14,19,21H,3-8,12H2,1-2H3,(H,22,24). The second-order valence-electron chi connectivity index (χ2n) is 7.36. The molecule has 0 heterocycles. The minimum absolute atomic E-state index is 0.0538. The Hall–Kier alpha value is -1.31. The van der Waals surface area contributed by atoms with Gasteiger partial charge in [-0.3, -0.25) is 4.79 Å². The van der Waals surface area contributed by atoms with Crippen LogP contribution in [-0.4, -0.2) is 44.3 Å². The van der Waals surface area contributed by atoms with Crippen molar-refractivity contribution in [3.8, 4) is 0 Å². The molecule has 2 aliphatic rings. The molecule has 2 fully saturated rings. The molecular formula is C19H28ClN3O3S. The van der Waals surface area contributed by atoms with Gasteiger partial charge in [-0.2, -0.15) is 4.31 Å². The topological polar surface area (TPSA) is 78.5 Å². The van der Waals surface area contributed by atoms with E-state index < -0.39 is 10.0 Å². The highest BCUT2D eigenvalue weighted by Crippen LogP contribution is 2.44. The van der Waals surface area contributed by atoms with E-state index in [0.717, 1.165) is 0 Å². The lowest BCUT2D eigenvalue weighted by atomic mass is 10.1. The fourth-order valence-corrected chi connectivity index (χ4v) is 5.42. The minimum atomic E-state index is -3.66. The second-order valence-corrected chi connectivity index (χ2v) is 9.67. The summed E-state index contributed by atoms with van der Waals surface area (Å²) in [6.45, 7) is 4.44. The van der Waals surface area contributed by atoms with Crippen LogP contribution in [0.1, 0.15) is 39.5 Å². The number of anilines is 1. The van der Waals surface area contributed by atoms with Crippen LogP contribution in [-0.2, 0) is 14.8 Å². The van der Waals surface area contributed by atoms with Gasteiger partial charge in [0.25, 0.3) is 0 Å². The number of nitrogens with one attached hydrogen (secondary N) is 2. The molecule has 0 radical (unpaired) electrons. The number of amides is 1. The van der Waals surface area contributed by atoms with E-state index in [1.54, 1.807) is 26.0 Å². The highest BCUT2D eigenvalue weighted by atomic mass is 35.5. The van der Waals surface area contributed by atoms with Crippen LogP contribution in [0.5, 0.6) is 0 Å². The first-order chi connectivity index (χ1) is 12.9. The van der Waals surface area contributed by atoms with Gasteiger partial charge in [0.1, 0.15) is 4.90 Å². The van der Waals surface area contributed by atoms with E-state index in [4.69, 9.17) is 11.6 Å². The maximum Gasteiger partial charge on any atom is 0.244 e. The summed E-state index contributed by atoms with van der Waals surface area (Å²) in [6.07, 6.45) is 4.83. The van der Waals surface area contributed by atoms with Gasteiger partial charge in [-0.05, 0) is 55.7 Å². The van der Waals surface area contributed by atoms with E-state index in [-0.39, 0.29) is 22.4 Å². The molecule has 0 bridgehead atoms. The molecule has 0 unspecified atom stereocenters. The van der Waals surface area contributed by atoms with E-state index >= 15 is 0 Å². The third kappa shape index (κ3) is 4.95. The van der Waals surface area contributed by atoms with E-state index in [0.29, 0.717) is 36.7 Å². The molecule has 1 amide bonds. The molecule has 0 aromatic heterocycles. The van der Waals surface area contributed by atoms with Crippen molar-refractivity contribution < 1.29 is 13.2 Å². The van der Waals surface area contributed by atoms with Crippen molar-refractivity contribution in [2.24, 2.45) is 11.8 Å². The van der Waals surface area contributed by atoms with Gasteiger partial charge in [0.15, 0.2) is 0 Å². The third-order valence-corrected chi connectivity index (χ3v) is 7.83. The van der Waals surface area contributed by atoms with Crippen molar-refractivity contribution in [1.29, 1.82) is 0 Å². The Balaban J connectivity index is 1.64. The van der Waals surface area contributed by atoms with Crippen molar-refractivity contribution in [1.82, 2.24) is 9.62 Å². The Labute approximate surface area is 166 Å². The Morgan fingerprint density at radius 2 is 1.78 bits per heavy atom. The Morgan fingerprint density at radius 1 is 1.19 bits per heavy atom. The zero-order chi connectivity index (χ0) is 19.6. The van der Waals surface area contributed by atoms with Crippen LogP contribution < -0.4 is 10.6 Å². The smallest absolute Gasteiger partial charge is 0.244 e. The molecule has 1 aromatic carbocycles. The van der Waals surface area contributed by atoms with Crippen LogP contribution in [0.4, 0.5) is 5.69 Å². The van der Waals surface area contributed by atoms with Crippen LogP contribution in [0.3, 0.4) is 0 Å². The summed E-state index contributed by atoms with van der Waals surface area (Å²) in [5, 5.41) is 6.36. The maximum atomic E-state index is 12.7. The zero-order valence-electron chi connectivity index (χ0n) is 15.9. The van der Waals surface area contributed by atoms with E-state index in [1.165, 1.54) is 36.1 Å². The SMILES string of the molecule is CCN(CC)S(=O)(=O)c1cc(NCC(=O)NC(C2CC2)C2CC2)ccc1Cl. The van der Waals surface area contributed by atoms with Gasteiger partial charge in [0.2, 0.25) is 15.9 Å². The van der Waals surface area contributed by atoms with E-state index in [2.05, 4.69) is 10.6 Å². The maximum absolute atomic E-state index is 12.7. The number of halogens is 1. The largest absolute Gasteiger partial charge is 0.376 e. The lowest BCUT2D eigenvalue weighted by molar-refractivity contribution is -0.120.